The first kappa shape index (κ1) is 22.9. The van der Waals surface area contributed by atoms with E-state index in [1.54, 1.807) is 24.3 Å². The zero-order chi connectivity index (χ0) is 24.5. The van der Waals surface area contributed by atoms with Gasteiger partial charge < -0.3 is 9.73 Å². The SMILES string of the molecule is Cc1cc(Cl)ccc1NC(=O)c1oc2c(c1C)/C(=N/NC(=O)c1cccc3ccccc13)CCC2. The van der Waals surface area contributed by atoms with Gasteiger partial charge in [0, 0.05) is 33.8 Å². The van der Waals surface area contributed by atoms with Crippen LogP contribution in [0.2, 0.25) is 5.02 Å². The van der Waals surface area contributed by atoms with Crippen LogP contribution in [0.25, 0.3) is 10.8 Å². The number of carbonyl (C=O) groups excluding carboxylic acids is 2. The number of hydrogen-bond donors (Lipinski definition) is 2. The van der Waals surface area contributed by atoms with Crippen LogP contribution in [-0.4, -0.2) is 17.5 Å². The molecule has 1 aliphatic carbocycles. The summed E-state index contributed by atoms with van der Waals surface area (Å²) in [6.07, 6.45) is 2.21. The summed E-state index contributed by atoms with van der Waals surface area (Å²) in [7, 11) is 0. The first-order valence-electron chi connectivity index (χ1n) is 11.5. The highest BCUT2D eigenvalue weighted by atomic mass is 35.5. The Morgan fingerprint density at radius 2 is 1.77 bits per heavy atom. The molecule has 0 bridgehead atoms. The van der Waals surface area contributed by atoms with E-state index >= 15 is 0 Å². The van der Waals surface area contributed by atoms with E-state index in [-0.39, 0.29) is 17.6 Å². The Kier molecular flexibility index (Phi) is 6.14. The molecule has 6 nitrogen and oxygen atoms in total. The molecule has 0 aliphatic heterocycles. The molecule has 0 saturated heterocycles. The maximum atomic E-state index is 13.0. The van der Waals surface area contributed by atoms with Crippen molar-refractivity contribution in [1.82, 2.24) is 5.43 Å². The van der Waals surface area contributed by atoms with Gasteiger partial charge in [0.15, 0.2) is 5.76 Å². The van der Waals surface area contributed by atoms with Gasteiger partial charge in [-0.1, -0.05) is 48.0 Å². The summed E-state index contributed by atoms with van der Waals surface area (Å²) in [5.41, 5.74) is 7.03. The number of aryl methyl sites for hydroxylation is 2. The lowest BCUT2D eigenvalue weighted by Crippen LogP contribution is -2.22. The van der Waals surface area contributed by atoms with Crippen molar-refractivity contribution >= 4 is 45.6 Å². The van der Waals surface area contributed by atoms with Crippen molar-refractivity contribution in [2.45, 2.75) is 33.1 Å². The average molecular weight is 486 g/mol. The van der Waals surface area contributed by atoms with Gasteiger partial charge in [-0.2, -0.15) is 5.10 Å². The minimum atomic E-state index is -0.332. The molecule has 7 heteroatoms. The van der Waals surface area contributed by atoms with Crippen molar-refractivity contribution in [1.29, 1.82) is 0 Å². The van der Waals surface area contributed by atoms with E-state index in [0.29, 0.717) is 46.2 Å². The van der Waals surface area contributed by atoms with Crippen molar-refractivity contribution in [3.8, 4) is 0 Å². The second-order valence-electron chi connectivity index (χ2n) is 8.65. The quantitative estimate of drug-likeness (QED) is 0.327. The van der Waals surface area contributed by atoms with Crippen LogP contribution in [0.5, 0.6) is 0 Å². The predicted octanol–water partition coefficient (Wildman–Crippen LogP) is 6.43. The number of hydrogen-bond acceptors (Lipinski definition) is 4. The normalized spacial score (nSPS) is 14.1. The summed E-state index contributed by atoms with van der Waals surface area (Å²) in [4.78, 5) is 26.0. The molecule has 2 amide bonds. The van der Waals surface area contributed by atoms with E-state index < -0.39 is 0 Å². The van der Waals surface area contributed by atoms with Crippen molar-refractivity contribution in [2.75, 3.05) is 5.32 Å². The minimum absolute atomic E-state index is 0.249. The number of fused-ring (bicyclic) bond motifs is 2. The Labute approximate surface area is 208 Å². The molecule has 2 N–H and O–H groups in total. The van der Waals surface area contributed by atoms with E-state index in [1.165, 1.54) is 0 Å². The van der Waals surface area contributed by atoms with Crippen molar-refractivity contribution < 1.29 is 14.0 Å². The van der Waals surface area contributed by atoms with Gasteiger partial charge >= 0.3 is 0 Å². The third-order valence-corrected chi connectivity index (χ3v) is 6.53. The lowest BCUT2D eigenvalue weighted by atomic mass is 9.93. The summed E-state index contributed by atoms with van der Waals surface area (Å²) >= 11 is 6.03. The summed E-state index contributed by atoms with van der Waals surface area (Å²) < 4.78 is 5.98. The van der Waals surface area contributed by atoms with Gasteiger partial charge in [-0.25, -0.2) is 5.43 Å². The lowest BCUT2D eigenvalue weighted by Gasteiger charge is -2.13. The van der Waals surface area contributed by atoms with Crippen molar-refractivity contribution in [2.24, 2.45) is 5.10 Å². The molecule has 1 heterocycles. The maximum Gasteiger partial charge on any atom is 0.291 e. The number of nitrogens with one attached hydrogen (secondary N) is 2. The summed E-state index contributed by atoms with van der Waals surface area (Å²) in [5, 5.41) is 9.83. The number of furan rings is 1. The van der Waals surface area contributed by atoms with Crippen LogP contribution in [0.3, 0.4) is 0 Å². The molecular formula is C28H24ClN3O3. The van der Waals surface area contributed by atoms with Crippen LogP contribution in [-0.2, 0) is 6.42 Å². The molecule has 4 aromatic rings. The average Bonchev–Trinajstić information content (AvgIpc) is 3.21. The smallest absolute Gasteiger partial charge is 0.291 e. The number of hydrazone groups is 1. The second-order valence-corrected chi connectivity index (χ2v) is 9.08. The van der Waals surface area contributed by atoms with E-state index in [0.717, 1.165) is 28.3 Å². The Morgan fingerprint density at radius 1 is 0.971 bits per heavy atom. The summed E-state index contributed by atoms with van der Waals surface area (Å²) in [5.74, 6) is 0.351. The number of rotatable bonds is 4. The molecule has 0 radical (unpaired) electrons. The molecule has 0 atom stereocenters. The Balaban J connectivity index is 1.41. The number of anilines is 1. The molecule has 0 saturated carbocycles. The molecule has 0 fully saturated rings. The van der Waals surface area contributed by atoms with Crippen LogP contribution < -0.4 is 10.7 Å². The van der Waals surface area contributed by atoms with E-state index in [1.807, 2.05) is 50.2 Å². The van der Waals surface area contributed by atoms with Gasteiger partial charge in [0.05, 0.1) is 5.71 Å². The van der Waals surface area contributed by atoms with E-state index in [2.05, 4.69) is 15.8 Å². The standard InChI is InChI=1S/C28H24ClN3O3/c1-16-15-19(29)13-14-22(16)30-28(34)26-17(2)25-23(11-6-12-24(25)35-26)31-32-27(33)21-10-5-8-18-7-3-4-9-20(18)21/h3-5,7-10,13-15H,6,11-12H2,1-2H3,(H,30,34)(H,32,33)/b31-23+. The second kappa shape index (κ2) is 9.39. The highest BCUT2D eigenvalue weighted by Gasteiger charge is 2.28. The van der Waals surface area contributed by atoms with Gasteiger partial charge in [0.1, 0.15) is 5.76 Å². The minimum Gasteiger partial charge on any atom is -0.455 e. The van der Waals surface area contributed by atoms with Crippen LogP contribution in [0.15, 0.2) is 70.2 Å². The van der Waals surface area contributed by atoms with Gasteiger partial charge in [-0.3, -0.25) is 9.59 Å². The topological polar surface area (TPSA) is 83.7 Å². The molecule has 3 aromatic carbocycles. The first-order valence-corrected chi connectivity index (χ1v) is 11.8. The Hall–Kier alpha value is -3.90. The molecule has 35 heavy (non-hydrogen) atoms. The van der Waals surface area contributed by atoms with Gasteiger partial charge in [0.25, 0.3) is 11.8 Å². The van der Waals surface area contributed by atoms with E-state index in [9.17, 15) is 9.59 Å². The summed E-state index contributed by atoms with van der Waals surface area (Å²) in [6, 6.07) is 18.6. The van der Waals surface area contributed by atoms with Crippen LogP contribution in [0, 0.1) is 13.8 Å². The van der Waals surface area contributed by atoms with Gasteiger partial charge in [0.2, 0.25) is 0 Å². The zero-order valence-corrected chi connectivity index (χ0v) is 20.2. The number of amides is 2. The molecule has 176 valence electrons. The Morgan fingerprint density at radius 3 is 2.60 bits per heavy atom. The highest BCUT2D eigenvalue weighted by Crippen LogP contribution is 2.31. The molecule has 5 rings (SSSR count). The lowest BCUT2D eigenvalue weighted by molar-refractivity contribution is 0.0955. The van der Waals surface area contributed by atoms with Crippen molar-refractivity contribution in [3.63, 3.8) is 0 Å². The van der Waals surface area contributed by atoms with Crippen LogP contribution >= 0.6 is 11.6 Å². The predicted molar refractivity (Wildman–Crippen MR) is 138 cm³/mol. The molecule has 1 aromatic heterocycles. The molecule has 0 spiro atoms. The monoisotopic (exact) mass is 485 g/mol. The largest absolute Gasteiger partial charge is 0.455 e. The Bertz CT molecular complexity index is 1500. The first-order chi connectivity index (χ1) is 16.9. The van der Waals surface area contributed by atoms with Gasteiger partial charge in [-0.05, 0) is 67.3 Å². The number of benzene rings is 3. The molecule has 0 unspecified atom stereocenters. The number of nitrogens with zero attached hydrogens (tertiary/aromatic N) is 1. The van der Waals surface area contributed by atoms with Crippen LogP contribution in [0.1, 0.15) is 56.2 Å². The number of carbonyl (C=O) groups is 2. The van der Waals surface area contributed by atoms with Gasteiger partial charge in [-0.15, -0.1) is 0 Å². The van der Waals surface area contributed by atoms with Crippen LogP contribution in [0.4, 0.5) is 5.69 Å². The fraction of sp³-hybridized carbons (Fsp3) is 0.179. The number of halogens is 1. The third kappa shape index (κ3) is 4.45. The maximum absolute atomic E-state index is 13.0. The van der Waals surface area contributed by atoms with E-state index in [4.69, 9.17) is 16.0 Å². The van der Waals surface area contributed by atoms with Crippen molar-refractivity contribution in [3.05, 3.63) is 99.5 Å². The third-order valence-electron chi connectivity index (χ3n) is 6.30. The zero-order valence-electron chi connectivity index (χ0n) is 19.4. The summed E-state index contributed by atoms with van der Waals surface area (Å²) in [6.45, 7) is 3.73. The molecule has 1 aliphatic rings. The fourth-order valence-corrected chi connectivity index (χ4v) is 4.77. The molecular weight excluding hydrogens is 462 g/mol. The highest BCUT2D eigenvalue weighted by molar-refractivity contribution is 6.30. The fourth-order valence-electron chi connectivity index (χ4n) is 4.54.